The molecule has 0 aliphatic rings. The van der Waals surface area contributed by atoms with E-state index in [1.807, 2.05) is 31.2 Å². The molecule has 0 radical (unpaired) electrons. The molecule has 7 nitrogen and oxygen atoms in total. The van der Waals surface area contributed by atoms with Crippen molar-refractivity contribution in [1.82, 2.24) is 4.90 Å². The Morgan fingerprint density at radius 3 is 2.19 bits per heavy atom. The van der Waals surface area contributed by atoms with Gasteiger partial charge in [-0.2, -0.15) is 5.26 Å². The minimum Gasteiger partial charge on any atom is -0.457 e. The number of carbonyl (C=O) groups is 2. The van der Waals surface area contributed by atoms with Crippen LogP contribution >= 0.6 is 0 Å². The number of aryl methyl sites for hydroxylation is 1. The molecule has 0 unspecified atom stereocenters. The van der Waals surface area contributed by atoms with Gasteiger partial charge in [0.25, 0.3) is 0 Å². The summed E-state index contributed by atoms with van der Waals surface area (Å²) in [4.78, 5) is 26.1. The SMILES string of the molecule is CCc1ccccc1NC(=O)CN(C)C(=O)Nc1ccc(Oc2ccc(C#N)cc2)cc1. The first-order valence-corrected chi connectivity index (χ1v) is 10.2. The third-order valence-corrected chi connectivity index (χ3v) is 4.72. The molecule has 2 N–H and O–H groups in total. The van der Waals surface area contributed by atoms with Gasteiger partial charge >= 0.3 is 6.03 Å². The van der Waals surface area contributed by atoms with Crippen LogP contribution in [0.1, 0.15) is 18.1 Å². The number of benzene rings is 3. The van der Waals surface area contributed by atoms with Crippen molar-refractivity contribution >= 4 is 23.3 Å². The number of para-hydroxylation sites is 1. The lowest BCUT2D eigenvalue weighted by Crippen LogP contribution is -2.37. The normalized spacial score (nSPS) is 10.0. The lowest BCUT2D eigenvalue weighted by atomic mass is 10.1. The molecule has 0 fully saturated rings. The Balaban J connectivity index is 1.52. The van der Waals surface area contributed by atoms with Crippen molar-refractivity contribution in [2.75, 3.05) is 24.2 Å². The molecule has 7 heteroatoms. The van der Waals surface area contributed by atoms with E-state index in [0.717, 1.165) is 17.7 Å². The molecule has 0 heterocycles. The van der Waals surface area contributed by atoms with Crippen molar-refractivity contribution in [2.24, 2.45) is 0 Å². The van der Waals surface area contributed by atoms with Gasteiger partial charge in [0.1, 0.15) is 18.0 Å². The monoisotopic (exact) mass is 428 g/mol. The average molecular weight is 428 g/mol. The van der Waals surface area contributed by atoms with Crippen LogP contribution in [0.2, 0.25) is 0 Å². The highest BCUT2D eigenvalue weighted by Crippen LogP contribution is 2.23. The Morgan fingerprint density at radius 1 is 0.938 bits per heavy atom. The fourth-order valence-electron chi connectivity index (χ4n) is 2.99. The lowest BCUT2D eigenvalue weighted by molar-refractivity contribution is -0.116. The van der Waals surface area contributed by atoms with Crippen molar-refractivity contribution in [2.45, 2.75) is 13.3 Å². The van der Waals surface area contributed by atoms with Crippen LogP contribution in [-0.2, 0) is 11.2 Å². The van der Waals surface area contributed by atoms with E-state index in [1.165, 1.54) is 4.90 Å². The topological polar surface area (TPSA) is 94.5 Å². The summed E-state index contributed by atoms with van der Waals surface area (Å²) in [6.07, 6.45) is 0.803. The van der Waals surface area contributed by atoms with Gasteiger partial charge in [-0.05, 0) is 66.6 Å². The minimum absolute atomic E-state index is 0.0796. The second-order valence-corrected chi connectivity index (χ2v) is 7.11. The number of ether oxygens (including phenoxy) is 1. The van der Waals surface area contributed by atoms with Crippen LogP contribution in [-0.4, -0.2) is 30.4 Å². The summed E-state index contributed by atoms with van der Waals surface area (Å²) in [5, 5.41) is 14.5. The highest BCUT2D eigenvalue weighted by molar-refractivity contribution is 5.97. The molecule has 3 aromatic carbocycles. The van der Waals surface area contributed by atoms with Gasteiger partial charge in [-0.15, -0.1) is 0 Å². The molecular weight excluding hydrogens is 404 g/mol. The van der Waals surface area contributed by atoms with Crippen LogP contribution in [0.3, 0.4) is 0 Å². The van der Waals surface area contributed by atoms with E-state index in [-0.39, 0.29) is 12.5 Å². The molecule has 3 aromatic rings. The van der Waals surface area contributed by atoms with Crippen LogP contribution < -0.4 is 15.4 Å². The maximum Gasteiger partial charge on any atom is 0.322 e. The molecule has 32 heavy (non-hydrogen) atoms. The molecule has 0 spiro atoms. The average Bonchev–Trinajstić information content (AvgIpc) is 2.81. The number of hydrogen-bond acceptors (Lipinski definition) is 4. The Bertz CT molecular complexity index is 1120. The summed E-state index contributed by atoms with van der Waals surface area (Å²) < 4.78 is 5.73. The van der Waals surface area contributed by atoms with Gasteiger partial charge in [-0.3, -0.25) is 4.79 Å². The van der Waals surface area contributed by atoms with E-state index >= 15 is 0 Å². The minimum atomic E-state index is -0.398. The maximum atomic E-state index is 12.4. The fraction of sp³-hybridized carbons (Fsp3) is 0.160. The first kappa shape index (κ1) is 22.4. The zero-order chi connectivity index (χ0) is 22.9. The summed E-state index contributed by atoms with van der Waals surface area (Å²) in [5.41, 5.74) is 2.93. The second-order valence-electron chi connectivity index (χ2n) is 7.11. The Morgan fingerprint density at radius 2 is 1.56 bits per heavy atom. The van der Waals surface area contributed by atoms with Crippen molar-refractivity contribution < 1.29 is 14.3 Å². The molecule has 0 saturated heterocycles. The van der Waals surface area contributed by atoms with Gasteiger partial charge in [0.05, 0.1) is 11.6 Å². The molecule has 162 valence electrons. The Labute approximate surface area is 187 Å². The quantitative estimate of drug-likeness (QED) is 0.553. The van der Waals surface area contributed by atoms with Crippen molar-refractivity contribution in [1.29, 1.82) is 5.26 Å². The summed E-state index contributed by atoms with van der Waals surface area (Å²) >= 11 is 0. The molecule has 3 amide bonds. The van der Waals surface area contributed by atoms with E-state index < -0.39 is 6.03 Å². The van der Waals surface area contributed by atoms with Gasteiger partial charge in [-0.1, -0.05) is 25.1 Å². The molecule has 0 aliphatic carbocycles. The second kappa shape index (κ2) is 10.6. The summed E-state index contributed by atoms with van der Waals surface area (Å²) in [6, 6.07) is 22.9. The van der Waals surface area contributed by atoms with Crippen molar-refractivity contribution in [3.8, 4) is 17.6 Å². The molecule has 0 atom stereocenters. The van der Waals surface area contributed by atoms with E-state index in [0.29, 0.717) is 22.7 Å². The number of nitrogens with zero attached hydrogens (tertiary/aromatic N) is 2. The molecule has 0 aromatic heterocycles. The summed E-state index contributed by atoms with van der Waals surface area (Å²) in [7, 11) is 1.56. The van der Waals surface area contributed by atoms with Crippen molar-refractivity contribution in [3.63, 3.8) is 0 Å². The van der Waals surface area contributed by atoms with Crippen LogP contribution in [0.25, 0.3) is 0 Å². The third-order valence-electron chi connectivity index (χ3n) is 4.72. The lowest BCUT2D eigenvalue weighted by Gasteiger charge is -2.18. The number of carbonyl (C=O) groups excluding carboxylic acids is 2. The molecule has 0 saturated carbocycles. The number of likely N-dealkylation sites (N-methyl/N-ethyl adjacent to an activating group) is 1. The number of anilines is 2. The number of rotatable bonds is 7. The number of amides is 3. The highest BCUT2D eigenvalue weighted by atomic mass is 16.5. The molecule has 0 bridgehead atoms. The summed E-state index contributed by atoms with van der Waals surface area (Å²) in [6.45, 7) is 1.94. The smallest absolute Gasteiger partial charge is 0.322 e. The van der Waals surface area contributed by atoms with Gasteiger partial charge in [0.15, 0.2) is 0 Å². The van der Waals surface area contributed by atoms with Gasteiger partial charge in [0, 0.05) is 18.4 Å². The van der Waals surface area contributed by atoms with Gasteiger partial charge in [0.2, 0.25) is 5.91 Å². The third kappa shape index (κ3) is 6.09. The number of urea groups is 1. The van der Waals surface area contributed by atoms with Crippen LogP contribution in [0.4, 0.5) is 16.2 Å². The Kier molecular flexibility index (Phi) is 7.44. The summed E-state index contributed by atoms with van der Waals surface area (Å²) in [5.74, 6) is 0.931. The standard InChI is InChI=1S/C25H24N4O3/c1-3-19-6-4-5-7-23(19)28-24(30)17-29(2)25(31)27-20-10-14-22(15-11-20)32-21-12-8-18(16-26)9-13-21/h4-15H,3,17H2,1-2H3,(H,27,31)(H,28,30). The zero-order valence-corrected chi connectivity index (χ0v) is 18.0. The molecule has 3 rings (SSSR count). The fourth-order valence-corrected chi connectivity index (χ4v) is 2.99. The van der Waals surface area contributed by atoms with Crippen molar-refractivity contribution in [3.05, 3.63) is 83.9 Å². The van der Waals surface area contributed by atoms with Gasteiger partial charge in [-0.25, -0.2) is 4.79 Å². The predicted molar refractivity (Wildman–Crippen MR) is 124 cm³/mol. The van der Waals surface area contributed by atoms with E-state index in [1.54, 1.807) is 55.6 Å². The highest BCUT2D eigenvalue weighted by Gasteiger charge is 2.14. The van der Waals surface area contributed by atoms with Crippen LogP contribution in [0, 0.1) is 11.3 Å². The van der Waals surface area contributed by atoms with Crippen LogP contribution in [0.5, 0.6) is 11.5 Å². The number of hydrogen-bond donors (Lipinski definition) is 2. The molecule has 0 aliphatic heterocycles. The van der Waals surface area contributed by atoms with E-state index in [9.17, 15) is 9.59 Å². The zero-order valence-electron chi connectivity index (χ0n) is 18.0. The number of nitriles is 1. The maximum absolute atomic E-state index is 12.4. The van der Waals surface area contributed by atoms with Gasteiger partial charge < -0.3 is 20.3 Å². The largest absolute Gasteiger partial charge is 0.457 e. The first-order chi connectivity index (χ1) is 15.5. The van der Waals surface area contributed by atoms with E-state index in [4.69, 9.17) is 10.00 Å². The molecular formula is C25H24N4O3. The Hall–Kier alpha value is -4.31. The first-order valence-electron chi connectivity index (χ1n) is 10.2. The number of nitrogens with one attached hydrogen (secondary N) is 2. The predicted octanol–water partition coefficient (Wildman–Crippen LogP) is 5.02. The van der Waals surface area contributed by atoms with Crippen LogP contribution in [0.15, 0.2) is 72.8 Å². The van der Waals surface area contributed by atoms with E-state index in [2.05, 4.69) is 16.7 Å².